The highest BCUT2D eigenvalue weighted by Crippen LogP contribution is 2.23. The van der Waals surface area contributed by atoms with Crippen LogP contribution in [0.5, 0.6) is 5.75 Å². The van der Waals surface area contributed by atoms with Crippen LogP contribution in [0, 0.1) is 13.8 Å². The minimum absolute atomic E-state index is 0.126. The topological polar surface area (TPSA) is 43.6 Å². The molecule has 3 rings (SSSR count). The van der Waals surface area contributed by atoms with Crippen molar-refractivity contribution in [2.45, 2.75) is 26.8 Å². The Morgan fingerprint density at radius 2 is 1.96 bits per heavy atom. The van der Waals surface area contributed by atoms with Crippen molar-refractivity contribution < 1.29 is 9.53 Å². The molecule has 2 aromatic carbocycles. The smallest absolute Gasteiger partial charge is 0.252 e. The van der Waals surface area contributed by atoms with Gasteiger partial charge in [0, 0.05) is 12.3 Å². The van der Waals surface area contributed by atoms with Crippen molar-refractivity contribution in [3.63, 3.8) is 0 Å². The second-order valence-corrected chi connectivity index (χ2v) is 8.45. The van der Waals surface area contributed by atoms with Crippen molar-refractivity contribution in [3.05, 3.63) is 57.9 Å². The number of thioether (sulfide) groups is 1. The summed E-state index contributed by atoms with van der Waals surface area (Å²) in [5.74, 6) is 1.64. The van der Waals surface area contributed by atoms with Crippen LogP contribution in [0.4, 0.5) is 0 Å². The molecule has 0 aliphatic carbocycles. The lowest BCUT2D eigenvalue weighted by molar-refractivity contribution is -0.117. The van der Waals surface area contributed by atoms with Crippen LogP contribution in [-0.2, 0) is 17.8 Å². The van der Waals surface area contributed by atoms with Crippen LogP contribution in [-0.4, -0.2) is 29.6 Å². The number of thiazole rings is 1. The molecule has 0 atom stereocenters. The van der Waals surface area contributed by atoms with E-state index in [4.69, 9.17) is 4.74 Å². The number of aromatic nitrogens is 1. The summed E-state index contributed by atoms with van der Waals surface area (Å²) in [4.78, 5) is 17.8. The highest BCUT2D eigenvalue weighted by atomic mass is 32.2. The average Bonchev–Trinajstić information content (AvgIpc) is 2.98. The number of ether oxygens (including phenoxy) is 1. The van der Waals surface area contributed by atoms with Gasteiger partial charge in [-0.05, 0) is 55.0 Å². The van der Waals surface area contributed by atoms with Gasteiger partial charge in [-0.25, -0.2) is 0 Å². The first-order valence-electron chi connectivity index (χ1n) is 8.82. The highest BCUT2D eigenvalue weighted by Gasteiger charge is 2.11. The minimum Gasteiger partial charge on any atom is -0.497 e. The maximum Gasteiger partial charge on any atom is 0.252 e. The zero-order valence-electron chi connectivity index (χ0n) is 16.1. The number of carbonyl (C=O) groups is 1. The quantitative estimate of drug-likeness (QED) is 0.617. The maximum absolute atomic E-state index is 12.6. The zero-order valence-corrected chi connectivity index (χ0v) is 17.7. The molecule has 0 radical (unpaired) electrons. The van der Waals surface area contributed by atoms with Crippen molar-refractivity contribution in [1.82, 2.24) is 4.57 Å². The van der Waals surface area contributed by atoms with Crippen LogP contribution in [0.15, 0.2) is 41.4 Å². The lowest BCUT2D eigenvalue weighted by Crippen LogP contribution is -2.18. The Labute approximate surface area is 167 Å². The monoisotopic (exact) mass is 400 g/mol. The van der Waals surface area contributed by atoms with Gasteiger partial charge in [0.25, 0.3) is 5.91 Å². The number of benzene rings is 2. The fourth-order valence-electron chi connectivity index (χ4n) is 3.06. The van der Waals surface area contributed by atoms with Crippen LogP contribution in [0.2, 0.25) is 0 Å². The van der Waals surface area contributed by atoms with E-state index in [1.165, 1.54) is 21.3 Å². The van der Waals surface area contributed by atoms with Gasteiger partial charge in [-0.15, -0.1) is 0 Å². The molecule has 142 valence electrons. The van der Waals surface area contributed by atoms with Crippen LogP contribution in [0.1, 0.15) is 16.7 Å². The van der Waals surface area contributed by atoms with Gasteiger partial charge in [-0.1, -0.05) is 29.5 Å². The molecule has 0 saturated heterocycles. The Hall–Kier alpha value is -2.05. The number of methoxy groups -OCH3 is 1. The molecule has 0 spiro atoms. The van der Waals surface area contributed by atoms with Gasteiger partial charge in [-0.3, -0.25) is 4.79 Å². The number of aryl methyl sites for hydroxylation is 3. The Morgan fingerprint density at radius 1 is 1.22 bits per heavy atom. The van der Waals surface area contributed by atoms with Crippen molar-refractivity contribution in [2.75, 3.05) is 19.1 Å². The SMILES string of the molecule is COc1ccc(CC(=O)N=c2sc3c(C)cc(C)cc3n2CCSC)cc1. The highest BCUT2D eigenvalue weighted by molar-refractivity contribution is 7.98. The summed E-state index contributed by atoms with van der Waals surface area (Å²) in [7, 11) is 1.63. The van der Waals surface area contributed by atoms with E-state index in [2.05, 4.69) is 41.8 Å². The average molecular weight is 401 g/mol. The van der Waals surface area contributed by atoms with Gasteiger partial charge in [-0.2, -0.15) is 16.8 Å². The van der Waals surface area contributed by atoms with Gasteiger partial charge in [0.2, 0.25) is 0 Å². The van der Waals surface area contributed by atoms with Crippen molar-refractivity contribution in [1.29, 1.82) is 0 Å². The summed E-state index contributed by atoms with van der Waals surface area (Å²) < 4.78 is 8.55. The summed E-state index contributed by atoms with van der Waals surface area (Å²) in [6.07, 6.45) is 2.38. The molecular formula is C21H24N2O2S2. The molecule has 1 aromatic heterocycles. The van der Waals surface area contributed by atoms with Crippen LogP contribution >= 0.6 is 23.1 Å². The molecule has 1 amide bonds. The summed E-state index contributed by atoms with van der Waals surface area (Å²) >= 11 is 3.40. The number of carbonyl (C=O) groups excluding carboxylic acids is 1. The maximum atomic E-state index is 12.6. The summed E-state index contributed by atoms with van der Waals surface area (Å²) in [5.41, 5.74) is 4.57. The standard InChI is InChI=1S/C21H24N2O2S2/c1-14-11-15(2)20-18(12-14)23(9-10-26-4)21(27-20)22-19(24)13-16-5-7-17(25-3)8-6-16/h5-8,11-12H,9-10,13H2,1-4H3. The number of hydrogen-bond donors (Lipinski definition) is 0. The van der Waals surface area contributed by atoms with Gasteiger partial charge >= 0.3 is 0 Å². The van der Waals surface area contributed by atoms with E-state index >= 15 is 0 Å². The third-order valence-electron chi connectivity index (χ3n) is 4.37. The van der Waals surface area contributed by atoms with Crippen molar-refractivity contribution in [2.24, 2.45) is 4.99 Å². The first kappa shape index (κ1) is 19.7. The lowest BCUT2D eigenvalue weighted by Gasteiger charge is -2.05. The molecule has 0 aliphatic heterocycles. The molecule has 0 saturated carbocycles. The molecule has 6 heteroatoms. The van der Waals surface area contributed by atoms with Gasteiger partial charge in [0.15, 0.2) is 4.80 Å². The minimum atomic E-state index is -0.126. The fraction of sp³-hybridized carbons (Fsp3) is 0.333. The third kappa shape index (κ3) is 4.62. The lowest BCUT2D eigenvalue weighted by atomic mass is 10.1. The van der Waals surface area contributed by atoms with E-state index in [1.807, 2.05) is 24.3 Å². The first-order chi connectivity index (χ1) is 13.0. The molecule has 4 nitrogen and oxygen atoms in total. The third-order valence-corrected chi connectivity index (χ3v) is 6.19. The number of amides is 1. The molecule has 0 fully saturated rings. The van der Waals surface area contributed by atoms with E-state index < -0.39 is 0 Å². The van der Waals surface area contributed by atoms with E-state index in [1.54, 1.807) is 30.2 Å². The van der Waals surface area contributed by atoms with Crippen molar-refractivity contribution >= 4 is 39.2 Å². The summed E-state index contributed by atoms with van der Waals surface area (Å²) in [6, 6.07) is 11.9. The van der Waals surface area contributed by atoms with Crippen LogP contribution in [0.25, 0.3) is 10.2 Å². The second-order valence-electron chi connectivity index (χ2n) is 6.49. The van der Waals surface area contributed by atoms with Crippen LogP contribution in [0.3, 0.4) is 0 Å². The number of hydrogen-bond acceptors (Lipinski definition) is 4. The summed E-state index contributed by atoms with van der Waals surface area (Å²) in [6.45, 7) is 5.07. The van der Waals surface area contributed by atoms with Gasteiger partial charge in [0.1, 0.15) is 5.75 Å². The molecule has 27 heavy (non-hydrogen) atoms. The Kier molecular flexibility index (Phi) is 6.39. The number of fused-ring (bicyclic) bond motifs is 1. The predicted octanol–water partition coefficient (Wildman–Crippen LogP) is 4.36. The van der Waals surface area contributed by atoms with Crippen molar-refractivity contribution in [3.8, 4) is 5.75 Å². The van der Waals surface area contributed by atoms with Gasteiger partial charge in [0.05, 0.1) is 23.7 Å². The second kappa shape index (κ2) is 8.76. The zero-order chi connectivity index (χ0) is 19.4. The predicted molar refractivity (Wildman–Crippen MR) is 115 cm³/mol. The molecular weight excluding hydrogens is 376 g/mol. The number of rotatable bonds is 6. The Morgan fingerprint density at radius 3 is 2.63 bits per heavy atom. The first-order valence-corrected chi connectivity index (χ1v) is 11.0. The number of nitrogens with zero attached hydrogens (tertiary/aromatic N) is 2. The Balaban J connectivity index is 1.97. The molecule has 0 aliphatic rings. The fourth-order valence-corrected chi connectivity index (χ4v) is 4.55. The van der Waals surface area contributed by atoms with Gasteiger partial charge < -0.3 is 9.30 Å². The van der Waals surface area contributed by atoms with E-state index in [0.717, 1.165) is 28.4 Å². The Bertz CT molecular complexity index is 1020. The molecule has 0 N–H and O–H groups in total. The molecule has 3 aromatic rings. The normalized spacial score (nSPS) is 11.9. The largest absolute Gasteiger partial charge is 0.497 e. The summed E-state index contributed by atoms with van der Waals surface area (Å²) in [5, 5.41) is 0. The van der Waals surface area contributed by atoms with E-state index in [0.29, 0.717) is 6.42 Å². The van der Waals surface area contributed by atoms with E-state index in [9.17, 15) is 4.79 Å². The van der Waals surface area contributed by atoms with E-state index in [-0.39, 0.29) is 5.91 Å². The molecule has 1 heterocycles. The molecule has 0 unspecified atom stereocenters. The van der Waals surface area contributed by atoms with Crippen LogP contribution < -0.4 is 9.54 Å². The molecule has 0 bridgehead atoms.